The number of benzene rings is 9. The Morgan fingerprint density at radius 3 is 1.26 bits per heavy atom. The maximum atomic E-state index is 14.8. The first-order chi connectivity index (χ1) is 37.2. The van der Waals surface area contributed by atoms with Crippen molar-refractivity contribution < 1.29 is 52.7 Å². The van der Waals surface area contributed by atoms with Crippen LogP contribution in [0.1, 0.15) is 22.3 Å². The fourth-order valence-corrected chi connectivity index (χ4v) is 11.0. The molecule has 0 amide bonds. The van der Waals surface area contributed by atoms with E-state index in [0.717, 1.165) is 25.7 Å². The van der Waals surface area contributed by atoms with E-state index in [1.54, 1.807) is 22.0 Å². The highest BCUT2D eigenvalue weighted by molar-refractivity contribution is 7.25. The predicted octanol–water partition coefficient (Wildman–Crippen LogP) is 19.4. The Morgan fingerprint density at radius 2 is 0.744 bits per heavy atom. The van der Waals surface area contributed by atoms with Crippen molar-refractivity contribution in [1.82, 2.24) is 19.5 Å². The molecular formula is C61H32F12N4S. The summed E-state index contributed by atoms with van der Waals surface area (Å²) >= 11 is 1.64. The summed E-state index contributed by atoms with van der Waals surface area (Å²) in [5.74, 6) is 0.768. The fourth-order valence-electron chi connectivity index (χ4n) is 9.96. The quantitative estimate of drug-likeness (QED) is 0.149. The van der Waals surface area contributed by atoms with Gasteiger partial charge in [0.2, 0.25) is 0 Å². The van der Waals surface area contributed by atoms with Gasteiger partial charge in [0.15, 0.2) is 17.5 Å². The van der Waals surface area contributed by atoms with Crippen LogP contribution in [0, 0.1) is 0 Å². The molecule has 12 rings (SSSR count). The first-order valence-corrected chi connectivity index (χ1v) is 24.6. The van der Waals surface area contributed by atoms with Crippen molar-refractivity contribution in [3.63, 3.8) is 0 Å². The Labute approximate surface area is 438 Å². The van der Waals surface area contributed by atoms with Crippen LogP contribution in [0.4, 0.5) is 52.7 Å². The van der Waals surface area contributed by atoms with Crippen molar-refractivity contribution in [2.45, 2.75) is 24.7 Å². The summed E-state index contributed by atoms with van der Waals surface area (Å²) in [5, 5.41) is 2.32. The van der Waals surface area contributed by atoms with Crippen LogP contribution in [0.5, 0.6) is 0 Å². The number of rotatable bonds is 7. The third-order valence-corrected chi connectivity index (χ3v) is 14.7. The van der Waals surface area contributed by atoms with Crippen LogP contribution in [0.2, 0.25) is 0 Å². The van der Waals surface area contributed by atoms with Crippen LogP contribution in [-0.4, -0.2) is 19.5 Å². The van der Waals surface area contributed by atoms with Gasteiger partial charge in [-0.1, -0.05) is 115 Å². The maximum Gasteiger partial charge on any atom is 0.417 e. The number of nitrogens with zero attached hydrogens (tertiary/aromatic N) is 4. The summed E-state index contributed by atoms with van der Waals surface area (Å²) in [6.45, 7) is 0. The maximum absolute atomic E-state index is 14.8. The van der Waals surface area contributed by atoms with Crippen molar-refractivity contribution in [2.24, 2.45) is 0 Å². The summed E-state index contributed by atoms with van der Waals surface area (Å²) < 4.78 is 176. The summed E-state index contributed by atoms with van der Waals surface area (Å²) in [7, 11) is 0. The van der Waals surface area contributed by atoms with Crippen LogP contribution in [0.25, 0.3) is 115 Å². The number of hydrogen-bond donors (Lipinski definition) is 0. The molecule has 78 heavy (non-hydrogen) atoms. The lowest BCUT2D eigenvalue weighted by Crippen LogP contribution is -2.12. The van der Waals surface area contributed by atoms with E-state index >= 15 is 0 Å². The molecule has 0 radical (unpaired) electrons. The lowest BCUT2D eigenvalue weighted by atomic mass is 9.94. The second kappa shape index (κ2) is 18.4. The van der Waals surface area contributed by atoms with E-state index in [1.165, 1.54) is 36.4 Å². The first kappa shape index (κ1) is 50.0. The number of thiophene rings is 1. The van der Waals surface area contributed by atoms with E-state index < -0.39 is 58.1 Å². The Bertz CT molecular complexity index is 4140. The Kier molecular flexibility index (Phi) is 11.8. The van der Waals surface area contributed by atoms with Gasteiger partial charge in [0.05, 0.1) is 39.0 Å². The minimum Gasteiger partial charge on any atom is -0.308 e. The molecule has 12 aromatic rings. The minimum atomic E-state index is -5.28. The molecule has 3 aromatic heterocycles. The van der Waals surface area contributed by atoms with E-state index in [4.69, 9.17) is 15.0 Å². The standard InChI is InChI=1S/C61H32F12N4S/c62-58(63,64)39-19-21-41(48(31-39)60(68,69)70)37-16-24-50-44(29-37)45-30-38(42-22-20-40(59(65,66)67)32-49(42)61(71,72)73)17-25-51(45)77(50)52-23-15-35(36-18-26-54-46(27-36)43-13-7-8-14-53(43)78-54)28-47(52)57-75-55(33-9-3-1-4-10-33)74-56(76-57)34-11-5-2-6-12-34/h1-32H. The molecule has 0 bridgehead atoms. The normalized spacial score (nSPS) is 12.6. The van der Waals surface area contributed by atoms with Crippen molar-refractivity contribution in [3.05, 3.63) is 216 Å². The third kappa shape index (κ3) is 9.06. The zero-order valence-electron chi connectivity index (χ0n) is 39.7. The summed E-state index contributed by atoms with van der Waals surface area (Å²) in [4.78, 5) is 15.0. The van der Waals surface area contributed by atoms with Gasteiger partial charge in [-0.15, -0.1) is 11.3 Å². The molecule has 4 nitrogen and oxygen atoms in total. The van der Waals surface area contributed by atoms with Gasteiger partial charge in [-0.25, -0.2) is 15.0 Å². The van der Waals surface area contributed by atoms with E-state index in [0.29, 0.717) is 63.9 Å². The number of aromatic nitrogens is 4. The highest BCUT2D eigenvalue weighted by Crippen LogP contribution is 2.47. The Morgan fingerprint density at radius 1 is 0.308 bits per heavy atom. The van der Waals surface area contributed by atoms with Crippen LogP contribution in [0.15, 0.2) is 194 Å². The third-order valence-electron chi connectivity index (χ3n) is 13.6. The Hall–Kier alpha value is -8.83. The van der Waals surface area contributed by atoms with Gasteiger partial charge in [0.25, 0.3) is 0 Å². The van der Waals surface area contributed by atoms with E-state index in [2.05, 4.69) is 6.07 Å². The molecule has 17 heteroatoms. The van der Waals surface area contributed by atoms with Crippen molar-refractivity contribution in [1.29, 1.82) is 0 Å². The highest BCUT2D eigenvalue weighted by atomic mass is 32.1. The van der Waals surface area contributed by atoms with Crippen LogP contribution in [0.3, 0.4) is 0 Å². The average molecular weight is 1080 g/mol. The van der Waals surface area contributed by atoms with E-state index in [1.807, 2.05) is 109 Å². The number of fused-ring (bicyclic) bond motifs is 6. The van der Waals surface area contributed by atoms with Gasteiger partial charge in [-0.2, -0.15) is 52.7 Å². The van der Waals surface area contributed by atoms with Crippen LogP contribution in [-0.2, 0) is 24.7 Å². The van der Waals surface area contributed by atoms with Gasteiger partial charge >= 0.3 is 24.7 Å². The largest absolute Gasteiger partial charge is 0.417 e. The van der Waals surface area contributed by atoms with Gasteiger partial charge in [0, 0.05) is 47.6 Å². The summed E-state index contributed by atoms with van der Waals surface area (Å²) in [5.41, 5.74) is -3.76. The van der Waals surface area contributed by atoms with Crippen molar-refractivity contribution >= 4 is 53.3 Å². The topological polar surface area (TPSA) is 43.6 Å². The predicted molar refractivity (Wildman–Crippen MR) is 280 cm³/mol. The van der Waals surface area contributed by atoms with Crippen molar-refractivity contribution in [2.75, 3.05) is 0 Å². The molecule has 0 aliphatic heterocycles. The molecule has 0 saturated heterocycles. The van der Waals surface area contributed by atoms with Crippen molar-refractivity contribution in [3.8, 4) is 73.2 Å². The minimum absolute atomic E-state index is 0.0126. The van der Waals surface area contributed by atoms with Gasteiger partial charge in [-0.3, -0.25) is 0 Å². The van der Waals surface area contributed by atoms with E-state index in [-0.39, 0.29) is 50.9 Å². The van der Waals surface area contributed by atoms with Crippen LogP contribution >= 0.6 is 11.3 Å². The number of hydrogen-bond acceptors (Lipinski definition) is 4. The summed E-state index contributed by atoms with van der Waals surface area (Å²) in [6, 6.07) is 48.4. The summed E-state index contributed by atoms with van der Waals surface area (Å²) in [6.07, 6.45) is -20.8. The average Bonchev–Trinajstić information content (AvgIpc) is 4.20. The molecule has 0 unspecified atom stereocenters. The molecule has 386 valence electrons. The fraction of sp³-hybridized carbons (Fsp3) is 0.0656. The molecule has 0 N–H and O–H groups in total. The van der Waals surface area contributed by atoms with Gasteiger partial charge in [0.1, 0.15) is 0 Å². The lowest BCUT2D eigenvalue weighted by Gasteiger charge is -2.17. The molecule has 9 aromatic carbocycles. The van der Waals surface area contributed by atoms with Crippen LogP contribution < -0.4 is 0 Å². The molecule has 0 aliphatic carbocycles. The lowest BCUT2D eigenvalue weighted by molar-refractivity contribution is -0.144. The first-order valence-electron chi connectivity index (χ1n) is 23.8. The monoisotopic (exact) mass is 1080 g/mol. The smallest absolute Gasteiger partial charge is 0.308 e. The van der Waals surface area contributed by atoms with Gasteiger partial charge in [-0.05, 0) is 112 Å². The molecule has 0 saturated carbocycles. The number of halogens is 12. The zero-order valence-corrected chi connectivity index (χ0v) is 40.5. The van der Waals surface area contributed by atoms with Gasteiger partial charge < -0.3 is 4.57 Å². The molecular weight excluding hydrogens is 1050 g/mol. The molecule has 0 spiro atoms. The highest BCUT2D eigenvalue weighted by Gasteiger charge is 2.40. The molecule has 0 fully saturated rings. The molecule has 3 heterocycles. The Balaban J connectivity index is 1.16. The second-order valence-corrected chi connectivity index (χ2v) is 19.5. The number of alkyl halides is 12. The van der Waals surface area contributed by atoms with E-state index in [9.17, 15) is 52.7 Å². The second-order valence-electron chi connectivity index (χ2n) is 18.4. The SMILES string of the molecule is FC(F)(F)c1ccc(-c2ccc3c(c2)c2cc(-c4ccc(C(F)(F)F)cc4C(F)(F)F)ccc2n3-c2ccc(-c3ccc4sc5ccccc5c4c3)cc2-c2nc(-c3ccccc3)nc(-c3ccccc3)n2)c(C(F)(F)F)c1. The molecule has 0 atom stereocenters. The zero-order chi connectivity index (χ0) is 54.5. The molecule has 0 aliphatic rings.